The number of carbonyl (C=O) groups is 1. The topological polar surface area (TPSA) is 26.8 Å². The zero-order valence-corrected chi connectivity index (χ0v) is 12.6. The van der Waals surface area contributed by atoms with Crippen molar-refractivity contribution in [2.45, 2.75) is 6.42 Å². The molecule has 0 saturated carbocycles. The van der Waals surface area contributed by atoms with Crippen LogP contribution in [-0.4, -0.2) is 36.1 Å². The Labute approximate surface area is 124 Å². The Morgan fingerprint density at radius 2 is 2.00 bits per heavy atom. The average Bonchev–Trinajstić information content (AvgIpc) is 2.94. The van der Waals surface area contributed by atoms with Crippen molar-refractivity contribution in [1.29, 1.82) is 0 Å². The Bertz CT molecular complexity index is 489. The standard InChI is InChI=1S/C13H15N3O.HI/c1-14-8-9-15(10-14)13(17)16-7-6-11-4-2-3-5-12(11)16;/h2-5,8-9H,6-7,10H2,1H3;1H. The first-order valence-electron chi connectivity index (χ1n) is 5.80. The van der Waals surface area contributed by atoms with Crippen LogP contribution in [0.4, 0.5) is 10.5 Å². The molecule has 1 aromatic carbocycles. The minimum Gasteiger partial charge on any atom is -0.361 e. The summed E-state index contributed by atoms with van der Waals surface area (Å²) in [7, 11) is 1.96. The van der Waals surface area contributed by atoms with Crippen molar-refractivity contribution in [3.8, 4) is 0 Å². The lowest BCUT2D eigenvalue weighted by atomic mass is 10.2. The summed E-state index contributed by atoms with van der Waals surface area (Å²) in [6, 6.07) is 8.18. The smallest absolute Gasteiger partial charge is 0.330 e. The van der Waals surface area contributed by atoms with Gasteiger partial charge in [0, 0.05) is 31.7 Å². The zero-order valence-electron chi connectivity index (χ0n) is 10.2. The second-order valence-electron chi connectivity index (χ2n) is 4.48. The predicted molar refractivity (Wildman–Crippen MR) is 81.9 cm³/mol. The van der Waals surface area contributed by atoms with Crippen molar-refractivity contribution in [2.24, 2.45) is 0 Å². The third-order valence-electron chi connectivity index (χ3n) is 3.24. The molecule has 0 bridgehead atoms. The van der Waals surface area contributed by atoms with E-state index in [1.165, 1.54) is 5.56 Å². The van der Waals surface area contributed by atoms with Gasteiger partial charge < -0.3 is 4.90 Å². The number of carbonyl (C=O) groups excluding carboxylic acids is 1. The first-order valence-corrected chi connectivity index (χ1v) is 5.80. The Balaban J connectivity index is 0.00000120. The molecular weight excluding hydrogens is 341 g/mol. The summed E-state index contributed by atoms with van der Waals surface area (Å²) in [6.45, 7) is 1.42. The fraction of sp³-hybridized carbons (Fsp3) is 0.308. The molecule has 1 aromatic rings. The van der Waals surface area contributed by atoms with E-state index in [2.05, 4.69) is 6.07 Å². The van der Waals surface area contributed by atoms with Crippen LogP contribution in [0.5, 0.6) is 0 Å². The largest absolute Gasteiger partial charge is 0.361 e. The van der Waals surface area contributed by atoms with Crippen LogP contribution in [0, 0.1) is 0 Å². The first-order chi connectivity index (χ1) is 8.25. The number of hydrogen-bond donors (Lipinski definition) is 0. The molecule has 0 unspecified atom stereocenters. The van der Waals surface area contributed by atoms with Gasteiger partial charge in [0.05, 0.1) is 6.67 Å². The number of halogens is 1. The van der Waals surface area contributed by atoms with Gasteiger partial charge in [0.1, 0.15) is 0 Å². The van der Waals surface area contributed by atoms with Crippen LogP contribution >= 0.6 is 24.0 Å². The SMILES string of the molecule is CN1C=CN(C(=O)N2CCc3ccccc32)C1.I. The maximum absolute atomic E-state index is 12.3. The monoisotopic (exact) mass is 357 g/mol. The molecule has 96 valence electrons. The van der Waals surface area contributed by atoms with Crippen molar-refractivity contribution in [2.75, 3.05) is 25.2 Å². The lowest BCUT2D eigenvalue weighted by Gasteiger charge is -2.24. The van der Waals surface area contributed by atoms with E-state index in [0.717, 1.165) is 18.7 Å². The highest BCUT2D eigenvalue weighted by atomic mass is 127. The predicted octanol–water partition coefficient (Wildman–Crippen LogP) is 2.46. The van der Waals surface area contributed by atoms with E-state index >= 15 is 0 Å². The van der Waals surface area contributed by atoms with Crippen LogP contribution in [0.2, 0.25) is 0 Å². The summed E-state index contributed by atoms with van der Waals surface area (Å²) in [6.07, 6.45) is 4.71. The minimum absolute atomic E-state index is 0. The zero-order chi connectivity index (χ0) is 11.8. The van der Waals surface area contributed by atoms with Gasteiger partial charge in [-0.1, -0.05) is 18.2 Å². The van der Waals surface area contributed by atoms with Gasteiger partial charge in [0.2, 0.25) is 0 Å². The molecule has 0 aromatic heterocycles. The number of hydrogen-bond acceptors (Lipinski definition) is 2. The highest BCUT2D eigenvalue weighted by Crippen LogP contribution is 2.28. The van der Waals surface area contributed by atoms with E-state index in [4.69, 9.17) is 0 Å². The molecule has 0 spiro atoms. The van der Waals surface area contributed by atoms with E-state index in [0.29, 0.717) is 6.67 Å². The molecular formula is C13H16IN3O. The molecule has 3 rings (SSSR count). The fourth-order valence-electron chi connectivity index (χ4n) is 2.35. The Kier molecular flexibility index (Phi) is 3.79. The quantitative estimate of drug-likeness (QED) is 0.667. The Morgan fingerprint density at radius 3 is 2.72 bits per heavy atom. The third kappa shape index (κ3) is 2.19. The van der Waals surface area contributed by atoms with Crippen molar-refractivity contribution >= 4 is 35.7 Å². The van der Waals surface area contributed by atoms with Gasteiger partial charge in [-0.05, 0) is 18.1 Å². The summed E-state index contributed by atoms with van der Waals surface area (Å²) in [5, 5.41) is 0. The number of amides is 2. The highest BCUT2D eigenvalue weighted by molar-refractivity contribution is 14.0. The highest BCUT2D eigenvalue weighted by Gasteiger charge is 2.28. The van der Waals surface area contributed by atoms with Gasteiger partial charge >= 0.3 is 6.03 Å². The first kappa shape index (κ1) is 13.2. The number of rotatable bonds is 0. The number of benzene rings is 1. The molecule has 18 heavy (non-hydrogen) atoms. The maximum atomic E-state index is 12.3. The number of urea groups is 1. The molecule has 2 aliphatic rings. The molecule has 2 aliphatic heterocycles. The van der Waals surface area contributed by atoms with Crippen LogP contribution in [0.25, 0.3) is 0 Å². The lowest BCUT2D eigenvalue weighted by molar-refractivity contribution is 0.214. The number of anilines is 1. The number of nitrogens with zero attached hydrogens (tertiary/aromatic N) is 3. The van der Waals surface area contributed by atoms with Crippen molar-refractivity contribution in [3.05, 3.63) is 42.2 Å². The molecule has 0 aliphatic carbocycles. The van der Waals surface area contributed by atoms with E-state index in [1.54, 1.807) is 4.90 Å². The van der Waals surface area contributed by atoms with Crippen LogP contribution < -0.4 is 4.90 Å². The summed E-state index contributed by atoms with van der Waals surface area (Å²) in [4.78, 5) is 17.9. The Morgan fingerprint density at radius 1 is 1.22 bits per heavy atom. The van der Waals surface area contributed by atoms with Crippen LogP contribution in [0.3, 0.4) is 0 Å². The van der Waals surface area contributed by atoms with Crippen molar-refractivity contribution < 1.29 is 4.79 Å². The molecule has 0 saturated heterocycles. The minimum atomic E-state index is 0. The van der Waals surface area contributed by atoms with Gasteiger partial charge in [-0.2, -0.15) is 0 Å². The average molecular weight is 357 g/mol. The summed E-state index contributed by atoms with van der Waals surface area (Å²) < 4.78 is 0. The van der Waals surface area contributed by atoms with E-state index in [1.807, 2.05) is 47.4 Å². The van der Waals surface area contributed by atoms with E-state index in [-0.39, 0.29) is 30.0 Å². The van der Waals surface area contributed by atoms with Gasteiger partial charge in [0.15, 0.2) is 0 Å². The summed E-state index contributed by atoms with van der Waals surface area (Å²) in [5.74, 6) is 0. The van der Waals surface area contributed by atoms with Crippen LogP contribution in [0.15, 0.2) is 36.7 Å². The summed E-state index contributed by atoms with van der Waals surface area (Å²) in [5.41, 5.74) is 2.32. The summed E-state index contributed by atoms with van der Waals surface area (Å²) >= 11 is 0. The van der Waals surface area contributed by atoms with Crippen molar-refractivity contribution in [3.63, 3.8) is 0 Å². The van der Waals surface area contributed by atoms with Crippen LogP contribution in [-0.2, 0) is 6.42 Å². The molecule has 0 N–H and O–H groups in total. The molecule has 0 fully saturated rings. The number of fused-ring (bicyclic) bond motifs is 1. The number of para-hydroxylation sites is 1. The molecule has 0 radical (unpaired) electrons. The molecule has 0 atom stereocenters. The lowest BCUT2D eigenvalue weighted by Crippen LogP contribution is -2.40. The Hall–Kier alpha value is -1.24. The van der Waals surface area contributed by atoms with E-state index in [9.17, 15) is 4.79 Å². The molecule has 4 nitrogen and oxygen atoms in total. The normalized spacial score (nSPS) is 16.8. The second-order valence-corrected chi connectivity index (χ2v) is 4.48. The molecule has 2 heterocycles. The molecule has 2 amide bonds. The second kappa shape index (κ2) is 5.17. The van der Waals surface area contributed by atoms with Gasteiger partial charge in [-0.15, -0.1) is 24.0 Å². The van der Waals surface area contributed by atoms with Crippen LogP contribution in [0.1, 0.15) is 5.56 Å². The fourth-order valence-corrected chi connectivity index (χ4v) is 2.35. The molecule has 5 heteroatoms. The third-order valence-corrected chi connectivity index (χ3v) is 3.24. The van der Waals surface area contributed by atoms with E-state index < -0.39 is 0 Å². The van der Waals surface area contributed by atoms with Gasteiger partial charge in [-0.25, -0.2) is 4.79 Å². The van der Waals surface area contributed by atoms with Gasteiger partial charge in [0.25, 0.3) is 0 Å². The van der Waals surface area contributed by atoms with Crippen molar-refractivity contribution in [1.82, 2.24) is 9.80 Å². The maximum Gasteiger partial charge on any atom is 0.330 e. The van der Waals surface area contributed by atoms with Gasteiger partial charge in [-0.3, -0.25) is 9.80 Å².